The number of carbonyl (C=O) groups is 1. The average molecular weight is 535 g/mol. The quantitative estimate of drug-likeness (QED) is 0.409. The van der Waals surface area contributed by atoms with E-state index in [2.05, 4.69) is 26.6 Å². The van der Waals surface area contributed by atoms with Gasteiger partial charge in [-0.25, -0.2) is 9.97 Å². The van der Waals surface area contributed by atoms with Crippen LogP contribution in [-0.4, -0.2) is 53.4 Å². The van der Waals surface area contributed by atoms with Gasteiger partial charge in [0.15, 0.2) is 11.5 Å². The first-order valence-corrected chi connectivity index (χ1v) is 11.8. The lowest BCUT2D eigenvalue weighted by Crippen LogP contribution is -2.61. The fraction of sp³-hybridized carbons (Fsp3) is 0.320. The second kappa shape index (κ2) is 9.62. The van der Waals surface area contributed by atoms with Crippen molar-refractivity contribution in [1.29, 1.82) is 0 Å². The molecular formula is C25H22ClF3N4O4. The second-order valence-electron chi connectivity index (χ2n) is 8.85. The largest absolute Gasteiger partial charge is 0.573 e. The molecule has 37 heavy (non-hydrogen) atoms. The molecule has 0 spiro atoms. The van der Waals surface area contributed by atoms with Crippen LogP contribution in [0.1, 0.15) is 6.42 Å². The summed E-state index contributed by atoms with van der Waals surface area (Å²) in [7, 11) is 1.53. The van der Waals surface area contributed by atoms with Crippen molar-refractivity contribution in [2.24, 2.45) is 11.8 Å². The Morgan fingerprint density at radius 2 is 1.92 bits per heavy atom. The van der Waals surface area contributed by atoms with Gasteiger partial charge in [0, 0.05) is 42.1 Å². The van der Waals surface area contributed by atoms with Gasteiger partial charge in [0.05, 0.1) is 17.6 Å². The van der Waals surface area contributed by atoms with Gasteiger partial charge in [-0.15, -0.1) is 13.2 Å². The number of methoxy groups -OCH3 is 1. The summed E-state index contributed by atoms with van der Waals surface area (Å²) in [4.78, 5) is 22.4. The topological polar surface area (TPSA) is 85.8 Å². The van der Waals surface area contributed by atoms with E-state index in [9.17, 15) is 18.0 Å². The molecule has 2 aromatic carbocycles. The SMILES string of the molecule is C=CC(=O)N1CC2CC(C1)C2Oc1cc2c(Nc3ccc(OC(F)(F)F)c(Cl)c3)ncnc2cc1OC. The van der Waals surface area contributed by atoms with E-state index in [4.69, 9.17) is 21.1 Å². The summed E-state index contributed by atoms with van der Waals surface area (Å²) < 4.78 is 53.5. The molecule has 1 amide bonds. The summed E-state index contributed by atoms with van der Waals surface area (Å²) in [5.41, 5.74) is 0.972. The molecule has 8 nitrogen and oxygen atoms in total. The Morgan fingerprint density at radius 3 is 2.57 bits per heavy atom. The van der Waals surface area contributed by atoms with Crippen LogP contribution >= 0.6 is 11.6 Å². The molecule has 3 aromatic rings. The van der Waals surface area contributed by atoms with Crippen LogP contribution in [0, 0.1) is 11.8 Å². The fourth-order valence-corrected chi connectivity index (χ4v) is 5.05. The number of alkyl halides is 3. The lowest BCUT2D eigenvalue weighted by molar-refractivity contribution is -0.274. The van der Waals surface area contributed by atoms with Crippen LogP contribution < -0.4 is 19.5 Å². The van der Waals surface area contributed by atoms with Gasteiger partial charge >= 0.3 is 6.36 Å². The number of amides is 1. The fourth-order valence-electron chi connectivity index (χ4n) is 4.83. The molecule has 1 aliphatic carbocycles. The highest BCUT2D eigenvalue weighted by atomic mass is 35.5. The molecule has 2 bridgehead atoms. The Hall–Kier alpha value is -3.73. The number of hydrogen-bond acceptors (Lipinski definition) is 7. The third kappa shape index (κ3) is 5.08. The Labute approximate surface area is 215 Å². The number of fused-ring (bicyclic) bond motifs is 3. The second-order valence-corrected chi connectivity index (χ2v) is 9.25. The number of piperidine rings is 2. The lowest BCUT2D eigenvalue weighted by atomic mass is 9.68. The Bertz CT molecular complexity index is 1360. The Balaban J connectivity index is 1.40. The van der Waals surface area contributed by atoms with E-state index in [1.54, 1.807) is 17.0 Å². The highest BCUT2D eigenvalue weighted by molar-refractivity contribution is 6.32. The van der Waals surface area contributed by atoms with Gasteiger partial charge in [-0.1, -0.05) is 18.2 Å². The van der Waals surface area contributed by atoms with E-state index in [0.717, 1.165) is 12.5 Å². The molecule has 1 N–H and O–H groups in total. The van der Waals surface area contributed by atoms with Crippen molar-refractivity contribution in [1.82, 2.24) is 14.9 Å². The first kappa shape index (κ1) is 24.9. The van der Waals surface area contributed by atoms with Gasteiger partial charge in [0.2, 0.25) is 5.91 Å². The highest BCUT2D eigenvalue weighted by Gasteiger charge is 2.49. The van der Waals surface area contributed by atoms with Crippen LogP contribution in [0.4, 0.5) is 24.7 Å². The van der Waals surface area contributed by atoms with E-state index in [-0.39, 0.29) is 28.9 Å². The molecule has 1 saturated carbocycles. The minimum atomic E-state index is -4.85. The highest BCUT2D eigenvalue weighted by Crippen LogP contribution is 2.45. The van der Waals surface area contributed by atoms with E-state index >= 15 is 0 Å². The van der Waals surface area contributed by atoms with E-state index < -0.39 is 12.1 Å². The van der Waals surface area contributed by atoms with Crippen molar-refractivity contribution in [3.05, 3.63) is 54.3 Å². The van der Waals surface area contributed by atoms with Crippen molar-refractivity contribution >= 4 is 39.9 Å². The molecule has 2 saturated heterocycles. The zero-order chi connectivity index (χ0) is 26.3. The molecule has 12 heteroatoms. The van der Waals surface area contributed by atoms with Crippen molar-refractivity contribution in [3.8, 4) is 17.2 Å². The molecule has 2 unspecified atom stereocenters. The first-order valence-electron chi connectivity index (χ1n) is 11.4. The number of ether oxygens (including phenoxy) is 3. The van der Waals surface area contributed by atoms with Gasteiger partial charge in [-0.05, 0) is 36.8 Å². The normalized spacial score (nSPS) is 20.7. The van der Waals surface area contributed by atoms with Crippen molar-refractivity contribution < 1.29 is 32.2 Å². The molecule has 6 rings (SSSR count). The van der Waals surface area contributed by atoms with E-state index in [1.807, 2.05) is 0 Å². The molecular weight excluding hydrogens is 513 g/mol. The molecule has 3 heterocycles. The summed E-state index contributed by atoms with van der Waals surface area (Å²) >= 11 is 5.99. The van der Waals surface area contributed by atoms with Crippen LogP contribution in [-0.2, 0) is 4.79 Å². The number of aromatic nitrogens is 2. The maximum Gasteiger partial charge on any atom is 0.573 e. The predicted octanol–water partition coefficient (Wildman–Crippen LogP) is 5.35. The molecule has 0 radical (unpaired) electrons. The zero-order valence-corrected chi connectivity index (χ0v) is 20.3. The third-order valence-corrected chi connectivity index (χ3v) is 6.83. The number of hydrogen-bond donors (Lipinski definition) is 1. The van der Waals surface area contributed by atoms with Crippen LogP contribution in [0.25, 0.3) is 10.9 Å². The molecule has 2 atom stereocenters. The zero-order valence-electron chi connectivity index (χ0n) is 19.6. The smallest absolute Gasteiger partial charge is 0.493 e. The lowest BCUT2D eigenvalue weighted by Gasteiger charge is -2.52. The minimum absolute atomic E-state index is 0.0683. The maximum atomic E-state index is 12.6. The number of benzene rings is 2. The number of nitrogens with zero attached hydrogens (tertiary/aromatic N) is 3. The standard InChI is InChI=1S/C25H22ClF3N4O4/c1-3-22(34)33-10-13-6-14(11-33)23(13)36-21-8-16-18(9-20(21)35-2)30-12-31-24(16)32-15-4-5-19(17(26)7-15)37-25(27,28)29/h3-5,7-9,12-14,23H,1,6,10-11H2,2H3,(H,30,31,32). The number of rotatable bonds is 7. The van der Waals surface area contributed by atoms with Gasteiger partial charge in [0.25, 0.3) is 0 Å². The molecule has 3 fully saturated rings. The van der Waals surface area contributed by atoms with E-state index in [1.165, 1.54) is 31.6 Å². The predicted molar refractivity (Wildman–Crippen MR) is 130 cm³/mol. The first-order chi connectivity index (χ1) is 17.6. The number of carbonyl (C=O) groups excluding carboxylic acids is 1. The Morgan fingerprint density at radius 1 is 1.16 bits per heavy atom. The molecule has 2 aliphatic heterocycles. The summed E-state index contributed by atoms with van der Waals surface area (Å²) in [6, 6.07) is 7.32. The van der Waals surface area contributed by atoms with Crippen LogP contribution in [0.3, 0.4) is 0 Å². The molecule has 1 aromatic heterocycles. The Kier molecular flexibility index (Phi) is 6.49. The average Bonchev–Trinajstić information content (AvgIpc) is 2.87. The molecule has 3 aliphatic rings. The van der Waals surface area contributed by atoms with Crippen LogP contribution in [0.5, 0.6) is 17.2 Å². The number of nitrogens with one attached hydrogen (secondary N) is 1. The third-order valence-electron chi connectivity index (χ3n) is 6.53. The maximum absolute atomic E-state index is 12.6. The summed E-state index contributed by atoms with van der Waals surface area (Å²) in [5.74, 6) is 1.21. The van der Waals surface area contributed by atoms with Crippen LogP contribution in [0.2, 0.25) is 5.02 Å². The number of anilines is 2. The van der Waals surface area contributed by atoms with Crippen molar-refractivity contribution in [3.63, 3.8) is 0 Å². The monoisotopic (exact) mass is 534 g/mol. The summed E-state index contributed by atoms with van der Waals surface area (Å²) in [6.07, 6.45) is -1.26. The van der Waals surface area contributed by atoms with Gasteiger partial charge in [-0.3, -0.25) is 4.79 Å². The number of halogens is 4. The minimum Gasteiger partial charge on any atom is -0.493 e. The van der Waals surface area contributed by atoms with Crippen LogP contribution in [0.15, 0.2) is 49.3 Å². The van der Waals surface area contributed by atoms with Crippen molar-refractivity contribution in [2.75, 3.05) is 25.5 Å². The van der Waals surface area contributed by atoms with Crippen molar-refractivity contribution in [2.45, 2.75) is 18.9 Å². The van der Waals surface area contributed by atoms with Gasteiger partial charge in [0.1, 0.15) is 24.0 Å². The molecule has 194 valence electrons. The van der Waals surface area contributed by atoms with Gasteiger partial charge in [-0.2, -0.15) is 0 Å². The summed E-state index contributed by atoms with van der Waals surface area (Å²) in [5, 5.41) is 3.46. The van der Waals surface area contributed by atoms with E-state index in [0.29, 0.717) is 47.0 Å². The summed E-state index contributed by atoms with van der Waals surface area (Å²) in [6.45, 7) is 4.77. The van der Waals surface area contributed by atoms with Gasteiger partial charge < -0.3 is 24.4 Å².